The van der Waals surface area contributed by atoms with Gasteiger partial charge in [-0.25, -0.2) is 8.78 Å². The highest BCUT2D eigenvalue weighted by atomic mass is 35.5. The van der Waals surface area contributed by atoms with Crippen LogP contribution in [-0.4, -0.2) is 52.5 Å². The zero-order valence-electron chi connectivity index (χ0n) is 16.0. The van der Waals surface area contributed by atoms with Gasteiger partial charge in [0.15, 0.2) is 11.6 Å². The van der Waals surface area contributed by atoms with Crippen molar-refractivity contribution in [3.63, 3.8) is 0 Å². The molecule has 4 rings (SSSR count). The number of anilines is 1. The van der Waals surface area contributed by atoms with E-state index in [1.165, 1.54) is 4.90 Å². The molecule has 2 atom stereocenters. The smallest absolute Gasteiger partial charge is 0.151 e. The summed E-state index contributed by atoms with van der Waals surface area (Å²) in [6.07, 6.45) is 0.00168. The van der Waals surface area contributed by atoms with Crippen molar-refractivity contribution in [2.75, 3.05) is 24.6 Å². The molecule has 0 amide bonds. The van der Waals surface area contributed by atoms with Crippen LogP contribution in [-0.2, 0) is 6.42 Å². The molecule has 3 N–H and O–H groups in total. The Balaban J connectivity index is 1.47. The summed E-state index contributed by atoms with van der Waals surface area (Å²) in [6.45, 7) is -0.222. The van der Waals surface area contributed by atoms with Crippen molar-refractivity contribution in [3.8, 4) is 5.75 Å². The van der Waals surface area contributed by atoms with Crippen LogP contribution in [0.2, 0.25) is 5.02 Å². The van der Waals surface area contributed by atoms with E-state index in [1.807, 2.05) is 6.07 Å². The van der Waals surface area contributed by atoms with E-state index in [2.05, 4.69) is 5.16 Å². The lowest BCUT2D eigenvalue weighted by molar-refractivity contribution is -0.109. The number of rotatable bonds is 4. The van der Waals surface area contributed by atoms with Crippen LogP contribution in [0.3, 0.4) is 0 Å². The van der Waals surface area contributed by atoms with Gasteiger partial charge in [-0.05, 0) is 37.5 Å². The van der Waals surface area contributed by atoms with E-state index in [9.17, 15) is 19.0 Å². The molecule has 0 aromatic heterocycles. The molecule has 0 radical (unpaired) electrons. The zero-order chi connectivity index (χ0) is 21.5. The maximum absolute atomic E-state index is 14.2. The summed E-state index contributed by atoms with van der Waals surface area (Å²) in [6, 6.07) is 7.37. The lowest BCUT2D eigenvalue weighted by atomic mass is 9.89. The number of hydrogen-bond acceptors (Lipinski definition) is 6. The van der Waals surface area contributed by atoms with Crippen LogP contribution in [0.25, 0.3) is 0 Å². The highest BCUT2D eigenvalue weighted by molar-refractivity contribution is 6.30. The fourth-order valence-electron chi connectivity index (χ4n) is 4.09. The Kier molecular flexibility index (Phi) is 5.57. The monoisotopic (exact) mass is 438 g/mol. The fraction of sp³-hybridized carbons (Fsp3) is 0.381. The normalized spacial score (nSPS) is 24.9. The first-order chi connectivity index (χ1) is 14.3. The Morgan fingerprint density at radius 1 is 1.23 bits per heavy atom. The number of β-amino-alcohol motifs (C(OH)–C–C–N with tert-alkyl or cyclic N) is 1. The first-order valence-corrected chi connectivity index (χ1v) is 9.96. The van der Waals surface area contributed by atoms with Gasteiger partial charge in [0.1, 0.15) is 29.7 Å². The minimum atomic E-state index is -1.58. The maximum atomic E-state index is 14.2. The van der Waals surface area contributed by atoms with E-state index in [0.29, 0.717) is 24.3 Å². The second-order valence-corrected chi connectivity index (χ2v) is 8.09. The molecule has 2 aliphatic rings. The number of ether oxygens (including phenoxy) is 1. The number of hydrogen-bond donors (Lipinski definition) is 3. The molecule has 0 saturated carbocycles. The molecule has 2 aromatic rings. The number of halogens is 3. The molecule has 6 nitrogen and oxygen atoms in total. The molecule has 9 heteroatoms. The van der Waals surface area contributed by atoms with Gasteiger partial charge in [-0.1, -0.05) is 28.9 Å². The number of benzene rings is 2. The second-order valence-electron chi connectivity index (χ2n) is 7.65. The Labute approximate surface area is 177 Å². The van der Waals surface area contributed by atoms with E-state index in [0.717, 1.165) is 23.3 Å². The van der Waals surface area contributed by atoms with Gasteiger partial charge in [-0.15, -0.1) is 0 Å². The van der Waals surface area contributed by atoms with Crippen molar-refractivity contribution in [1.29, 1.82) is 0 Å². The highest BCUT2D eigenvalue weighted by Gasteiger charge is 2.42. The summed E-state index contributed by atoms with van der Waals surface area (Å²) in [5, 5.41) is 33.8. The van der Waals surface area contributed by atoms with Crippen LogP contribution in [0.4, 0.5) is 14.5 Å². The molecule has 1 aliphatic heterocycles. The molecular formula is C21H21ClF2N2O4. The highest BCUT2D eigenvalue weighted by Crippen LogP contribution is 2.34. The minimum Gasteiger partial charge on any atom is -0.490 e. The molecule has 1 aliphatic carbocycles. The average Bonchev–Trinajstić information content (AvgIpc) is 3.12. The van der Waals surface area contributed by atoms with Gasteiger partial charge in [0.25, 0.3) is 0 Å². The van der Waals surface area contributed by atoms with Gasteiger partial charge < -0.3 is 25.1 Å². The topological polar surface area (TPSA) is 85.5 Å². The van der Waals surface area contributed by atoms with Crippen molar-refractivity contribution < 1.29 is 28.9 Å². The lowest BCUT2D eigenvalue weighted by Gasteiger charge is -2.42. The summed E-state index contributed by atoms with van der Waals surface area (Å²) in [5.41, 5.74) is 0.398. The first kappa shape index (κ1) is 20.8. The Morgan fingerprint density at radius 2 is 1.97 bits per heavy atom. The van der Waals surface area contributed by atoms with Crippen molar-refractivity contribution >= 4 is 23.0 Å². The first-order valence-electron chi connectivity index (χ1n) is 9.58. The Morgan fingerprint density at radius 3 is 2.63 bits per heavy atom. The summed E-state index contributed by atoms with van der Waals surface area (Å²) in [4.78, 5) is 1.35. The molecule has 0 unspecified atom stereocenters. The van der Waals surface area contributed by atoms with Crippen LogP contribution in [0.15, 0.2) is 35.5 Å². The number of aliphatic hydroxyl groups is 2. The molecule has 2 aromatic carbocycles. The molecule has 1 saturated heterocycles. The van der Waals surface area contributed by atoms with E-state index >= 15 is 0 Å². The van der Waals surface area contributed by atoms with Crippen molar-refractivity contribution in [3.05, 3.63) is 58.1 Å². The van der Waals surface area contributed by atoms with Gasteiger partial charge >= 0.3 is 0 Å². The van der Waals surface area contributed by atoms with Gasteiger partial charge in [-0.3, -0.25) is 0 Å². The van der Waals surface area contributed by atoms with Crippen LogP contribution < -0.4 is 9.64 Å². The van der Waals surface area contributed by atoms with E-state index in [-0.39, 0.29) is 36.8 Å². The largest absolute Gasteiger partial charge is 0.490 e. The van der Waals surface area contributed by atoms with Crippen LogP contribution >= 0.6 is 11.6 Å². The number of aliphatic hydroxyl groups excluding tert-OH is 1. The maximum Gasteiger partial charge on any atom is 0.151 e. The predicted molar refractivity (Wildman–Crippen MR) is 108 cm³/mol. The quantitative estimate of drug-likeness (QED) is 0.504. The standard InChI is InChI=1S/C21H21ClF2N2O4/c22-12-8-15(23)20(16(24)9-12)26-7-6-21(28,19(27)10-26)11-30-18-3-1-2-13-14(18)4-5-17(13)25-29/h1-3,8-9,19,27-29H,4-7,10-11H2/b25-17+/t19-,21-/m1/s1. The molecule has 160 valence electrons. The average molecular weight is 439 g/mol. The van der Waals surface area contributed by atoms with Gasteiger partial charge in [-0.2, -0.15) is 0 Å². The predicted octanol–water partition coefficient (Wildman–Crippen LogP) is 3.12. The van der Waals surface area contributed by atoms with Gasteiger partial charge in [0, 0.05) is 29.2 Å². The van der Waals surface area contributed by atoms with Crippen molar-refractivity contribution in [1.82, 2.24) is 0 Å². The third-order valence-electron chi connectivity index (χ3n) is 5.78. The Hall–Kier alpha value is -2.42. The summed E-state index contributed by atoms with van der Waals surface area (Å²) < 4.78 is 34.2. The number of oxime groups is 1. The molecular weight excluding hydrogens is 418 g/mol. The molecule has 0 bridgehead atoms. The third-order valence-corrected chi connectivity index (χ3v) is 6.00. The second kappa shape index (κ2) is 8.02. The summed E-state index contributed by atoms with van der Waals surface area (Å²) in [5.74, 6) is -1.10. The van der Waals surface area contributed by atoms with Crippen LogP contribution in [0.5, 0.6) is 5.75 Å². The van der Waals surface area contributed by atoms with Crippen molar-refractivity contribution in [2.24, 2.45) is 5.16 Å². The fourth-order valence-corrected chi connectivity index (χ4v) is 4.28. The van der Waals surface area contributed by atoms with E-state index < -0.39 is 23.3 Å². The van der Waals surface area contributed by atoms with Crippen molar-refractivity contribution in [2.45, 2.75) is 31.0 Å². The SMILES string of the molecule is O/N=C1\CCc2c(OC[C@]3(O)CCN(c4c(F)cc(Cl)cc4F)C[C@H]3O)cccc21. The third kappa shape index (κ3) is 3.71. The van der Waals surface area contributed by atoms with Crippen LogP contribution in [0, 0.1) is 11.6 Å². The van der Waals surface area contributed by atoms with E-state index in [4.69, 9.17) is 21.5 Å². The summed E-state index contributed by atoms with van der Waals surface area (Å²) >= 11 is 5.67. The number of fused-ring (bicyclic) bond motifs is 1. The Bertz CT molecular complexity index is 980. The molecule has 1 heterocycles. The van der Waals surface area contributed by atoms with Crippen LogP contribution in [0.1, 0.15) is 24.0 Å². The van der Waals surface area contributed by atoms with Gasteiger partial charge in [0.05, 0.1) is 5.71 Å². The van der Waals surface area contributed by atoms with E-state index in [1.54, 1.807) is 12.1 Å². The number of piperidine rings is 1. The van der Waals surface area contributed by atoms with Gasteiger partial charge in [0.2, 0.25) is 0 Å². The summed E-state index contributed by atoms with van der Waals surface area (Å²) in [7, 11) is 0. The minimum absolute atomic E-state index is 0.0496. The molecule has 1 fully saturated rings. The zero-order valence-corrected chi connectivity index (χ0v) is 16.7. The molecule has 0 spiro atoms. The molecule has 30 heavy (non-hydrogen) atoms. The number of nitrogens with zero attached hydrogens (tertiary/aromatic N) is 2. The lowest BCUT2D eigenvalue weighted by Crippen LogP contribution is -2.58.